The summed E-state index contributed by atoms with van der Waals surface area (Å²) in [7, 11) is 0. The lowest BCUT2D eigenvalue weighted by atomic mass is 10.0. The molecule has 0 bridgehead atoms. The minimum absolute atomic E-state index is 0.0469. The summed E-state index contributed by atoms with van der Waals surface area (Å²) in [4.78, 5) is 2.00. The summed E-state index contributed by atoms with van der Waals surface area (Å²) >= 11 is 3.47. The van der Waals surface area contributed by atoms with E-state index in [2.05, 4.69) is 15.9 Å². The van der Waals surface area contributed by atoms with Gasteiger partial charge < -0.3 is 10.6 Å². The van der Waals surface area contributed by atoms with Crippen molar-refractivity contribution < 1.29 is 4.39 Å². The molecule has 0 aromatic heterocycles. The monoisotopic (exact) mass is 336 g/mol. The molecule has 2 N–H and O–H groups in total. The van der Waals surface area contributed by atoms with Gasteiger partial charge in [-0.2, -0.15) is 0 Å². The third-order valence-electron chi connectivity index (χ3n) is 3.34. The number of hydrogen-bond acceptors (Lipinski definition) is 2. The van der Waals surface area contributed by atoms with Crippen LogP contribution in [0.5, 0.6) is 0 Å². The maximum absolute atomic E-state index is 14.0. The van der Waals surface area contributed by atoms with Gasteiger partial charge in [0.1, 0.15) is 5.82 Å². The summed E-state index contributed by atoms with van der Waals surface area (Å²) in [6, 6.07) is 14.8. The SMILES string of the molecule is CCN(c1ccccc1F)C(CN)c1cccc(Br)c1. The molecule has 0 saturated heterocycles. The lowest BCUT2D eigenvalue weighted by molar-refractivity contribution is 0.588. The fourth-order valence-corrected chi connectivity index (χ4v) is 2.82. The van der Waals surface area contributed by atoms with Crippen LogP contribution in [0.1, 0.15) is 18.5 Å². The average Bonchev–Trinajstić information content (AvgIpc) is 2.45. The number of nitrogens with two attached hydrogens (primary N) is 1. The molecular weight excluding hydrogens is 319 g/mol. The summed E-state index contributed by atoms with van der Waals surface area (Å²) in [6.45, 7) is 3.13. The number of nitrogens with zero attached hydrogens (tertiary/aromatic N) is 1. The number of rotatable bonds is 5. The van der Waals surface area contributed by atoms with E-state index >= 15 is 0 Å². The summed E-state index contributed by atoms with van der Waals surface area (Å²) in [5.74, 6) is -0.220. The number of hydrogen-bond donors (Lipinski definition) is 1. The smallest absolute Gasteiger partial charge is 0.146 e. The molecule has 0 spiro atoms. The third-order valence-corrected chi connectivity index (χ3v) is 3.83. The van der Waals surface area contributed by atoms with Gasteiger partial charge in [0.2, 0.25) is 0 Å². The first-order valence-corrected chi connectivity index (χ1v) is 7.43. The molecule has 0 aliphatic heterocycles. The molecule has 1 atom stereocenters. The lowest BCUT2D eigenvalue weighted by Crippen LogP contribution is -2.34. The van der Waals surface area contributed by atoms with Crippen LogP contribution in [-0.2, 0) is 0 Å². The molecule has 1 unspecified atom stereocenters. The second kappa shape index (κ2) is 6.86. The molecule has 2 aromatic carbocycles. The van der Waals surface area contributed by atoms with Crippen LogP contribution in [0.3, 0.4) is 0 Å². The van der Waals surface area contributed by atoms with Crippen LogP contribution >= 0.6 is 15.9 Å². The van der Waals surface area contributed by atoms with E-state index in [1.165, 1.54) is 6.07 Å². The molecule has 4 heteroatoms. The molecule has 0 aliphatic rings. The maximum Gasteiger partial charge on any atom is 0.146 e. The van der Waals surface area contributed by atoms with Crippen molar-refractivity contribution in [2.75, 3.05) is 18.0 Å². The summed E-state index contributed by atoms with van der Waals surface area (Å²) < 4.78 is 15.0. The molecule has 2 rings (SSSR count). The van der Waals surface area contributed by atoms with Crippen molar-refractivity contribution in [3.63, 3.8) is 0 Å². The van der Waals surface area contributed by atoms with Crippen LogP contribution in [0.4, 0.5) is 10.1 Å². The minimum Gasteiger partial charge on any atom is -0.361 e. The number of para-hydroxylation sites is 1. The molecule has 106 valence electrons. The Bertz CT molecular complexity index is 574. The second-order valence-corrected chi connectivity index (χ2v) is 5.46. The van der Waals surface area contributed by atoms with E-state index in [4.69, 9.17) is 5.73 Å². The van der Waals surface area contributed by atoms with Crippen LogP contribution in [0.25, 0.3) is 0 Å². The first-order chi connectivity index (χ1) is 9.67. The Morgan fingerprint density at radius 2 is 1.95 bits per heavy atom. The van der Waals surface area contributed by atoms with Gasteiger partial charge in [0.15, 0.2) is 0 Å². The molecule has 0 heterocycles. The Kier molecular flexibility index (Phi) is 5.15. The molecular formula is C16H18BrFN2. The lowest BCUT2D eigenvalue weighted by Gasteiger charge is -2.32. The topological polar surface area (TPSA) is 29.3 Å². The predicted octanol–water partition coefficient (Wildman–Crippen LogP) is 4.11. The van der Waals surface area contributed by atoms with Gasteiger partial charge in [0, 0.05) is 17.6 Å². The van der Waals surface area contributed by atoms with E-state index in [1.54, 1.807) is 12.1 Å². The zero-order valence-electron chi connectivity index (χ0n) is 11.4. The summed E-state index contributed by atoms with van der Waals surface area (Å²) in [5.41, 5.74) is 7.60. The average molecular weight is 337 g/mol. The van der Waals surface area contributed by atoms with Crippen molar-refractivity contribution in [1.82, 2.24) is 0 Å². The number of anilines is 1. The van der Waals surface area contributed by atoms with Crippen LogP contribution < -0.4 is 10.6 Å². The molecule has 0 amide bonds. The summed E-state index contributed by atoms with van der Waals surface area (Å²) in [6.07, 6.45) is 0. The Morgan fingerprint density at radius 1 is 1.20 bits per heavy atom. The van der Waals surface area contributed by atoms with Gasteiger partial charge >= 0.3 is 0 Å². The van der Waals surface area contributed by atoms with E-state index in [1.807, 2.05) is 42.2 Å². The van der Waals surface area contributed by atoms with Crippen LogP contribution in [0.15, 0.2) is 53.0 Å². The number of likely N-dealkylation sites (N-methyl/N-ethyl adjacent to an activating group) is 1. The van der Waals surface area contributed by atoms with Crippen molar-refractivity contribution in [2.45, 2.75) is 13.0 Å². The normalized spacial score (nSPS) is 12.2. The Labute approximate surface area is 127 Å². The highest BCUT2D eigenvalue weighted by molar-refractivity contribution is 9.10. The van der Waals surface area contributed by atoms with Gasteiger partial charge in [-0.05, 0) is 36.8 Å². The van der Waals surface area contributed by atoms with Crippen LogP contribution in [0.2, 0.25) is 0 Å². The quantitative estimate of drug-likeness (QED) is 0.889. The Morgan fingerprint density at radius 3 is 2.55 bits per heavy atom. The van der Waals surface area contributed by atoms with Gasteiger partial charge in [-0.15, -0.1) is 0 Å². The van der Waals surface area contributed by atoms with Crippen molar-refractivity contribution in [3.05, 3.63) is 64.4 Å². The van der Waals surface area contributed by atoms with Gasteiger partial charge in [0.25, 0.3) is 0 Å². The highest BCUT2D eigenvalue weighted by Crippen LogP contribution is 2.29. The van der Waals surface area contributed by atoms with Crippen LogP contribution in [0, 0.1) is 5.82 Å². The molecule has 2 nitrogen and oxygen atoms in total. The standard InChI is InChI=1S/C16H18BrFN2/c1-2-20(15-9-4-3-8-14(15)18)16(11-19)12-6-5-7-13(17)10-12/h3-10,16H,2,11,19H2,1H3. The second-order valence-electron chi connectivity index (χ2n) is 4.54. The van der Waals surface area contributed by atoms with E-state index in [-0.39, 0.29) is 11.9 Å². The van der Waals surface area contributed by atoms with E-state index in [9.17, 15) is 4.39 Å². The van der Waals surface area contributed by atoms with E-state index in [0.29, 0.717) is 18.8 Å². The fourth-order valence-electron chi connectivity index (χ4n) is 2.40. The third kappa shape index (κ3) is 3.19. The molecule has 0 fully saturated rings. The van der Waals surface area contributed by atoms with Crippen molar-refractivity contribution in [3.8, 4) is 0 Å². The maximum atomic E-state index is 14.0. The van der Waals surface area contributed by atoms with Gasteiger partial charge in [-0.25, -0.2) is 4.39 Å². The zero-order valence-corrected chi connectivity index (χ0v) is 13.0. The molecule has 0 radical (unpaired) electrons. The zero-order chi connectivity index (χ0) is 14.5. The summed E-state index contributed by atoms with van der Waals surface area (Å²) in [5, 5.41) is 0. The molecule has 2 aromatic rings. The van der Waals surface area contributed by atoms with E-state index in [0.717, 1.165) is 10.0 Å². The minimum atomic E-state index is -0.220. The van der Waals surface area contributed by atoms with Gasteiger partial charge in [0.05, 0.1) is 11.7 Å². The molecule has 0 saturated carbocycles. The first-order valence-electron chi connectivity index (χ1n) is 6.64. The highest BCUT2D eigenvalue weighted by Gasteiger charge is 2.20. The fraction of sp³-hybridized carbons (Fsp3) is 0.250. The van der Waals surface area contributed by atoms with Gasteiger partial charge in [-0.1, -0.05) is 40.2 Å². The number of halogens is 2. The van der Waals surface area contributed by atoms with Crippen molar-refractivity contribution in [2.24, 2.45) is 5.73 Å². The Balaban J connectivity index is 2.40. The van der Waals surface area contributed by atoms with Crippen molar-refractivity contribution in [1.29, 1.82) is 0 Å². The van der Waals surface area contributed by atoms with E-state index < -0.39 is 0 Å². The Hall–Kier alpha value is -1.39. The largest absolute Gasteiger partial charge is 0.361 e. The molecule has 0 aliphatic carbocycles. The first kappa shape index (κ1) is 15.0. The molecule has 20 heavy (non-hydrogen) atoms. The number of benzene rings is 2. The predicted molar refractivity (Wildman–Crippen MR) is 85.4 cm³/mol. The van der Waals surface area contributed by atoms with Gasteiger partial charge in [-0.3, -0.25) is 0 Å². The van der Waals surface area contributed by atoms with Crippen LogP contribution in [-0.4, -0.2) is 13.1 Å². The van der Waals surface area contributed by atoms with Crippen molar-refractivity contribution >= 4 is 21.6 Å². The highest BCUT2D eigenvalue weighted by atomic mass is 79.9.